The second-order valence-corrected chi connectivity index (χ2v) is 7.42. The van der Waals surface area contributed by atoms with Crippen LogP contribution in [0.25, 0.3) is 0 Å². The summed E-state index contributed by atoms with van der Waals surface area (Å²) in [4.78, 5) is 12.4. The summed E-state index contributed by atoms with van der Waals surface area (Å²) in [5.41, 5.74) is 0.317. The van der Waals surface area contributed by atoms with Crippen molar-refractivity contribution >= 4 is 18.3 Å². The lowest BCUT2D eigenvalue weighted by atomic mass is 9.66. The van der Waals surface area contributed by atoms with Gasteiger partial charge in [0.1, 0.15) is 0 Å². The molecular weight excluding hydrogens is 300 g/mol. The fraction of sp³-hybridized carbons (Fsp3) is 0.941. The van der Waals surface area contributed by atoms with Crippen molar-refractivity contribution in [2.24, 2.45) is 11.3 Å². The topological polar surface area (TPSA) is 50.4 Å². The van der Waals surface area contributed by atoms with E-state index in [1.807, 2.05) is 0 Å². The van der Waals surface area contributed by atoms with Gasteiger partial charge in [0.05, 0.1) is 6.04 Å². The van der Waals surface area contributed by atoms with E-state index in [1.165, 1.54) is 44.9 Å². The Balaban J connectivity index is 0.00000176. The number of fused-ring (bicyclic) bond motifs is 1. The molecule has 0 aromatic rings. The summed E-state index contributed by atoms with van der Waals surface area (Å²) < 4.78 is 5.22. The molecule has 4 nitrogen and oxygen atoms in total. The highest BCUT2D eigenvalue weighted by Crippen LogP contribution is 2.43. The number of carbonyl (C=O) groups excluding carboxylic acids is 1. The predicted molar refractivity (Wildman–Crippen MR) is 90.3 cm³/mol. The third-order valence-electron chi connectivity index (χ3n) is 6.07. The van der Waals surface area contributed by atoms with Gasteiger partial charge < -0.3 is 15.4 Å². The summed E-state index contributed by atoms with van der Waals surface area (Å²) in [6.45, 7) is 1.64. The SMILES string of the molecule is COCCC1(CNC(=O)C2CC3CCCCC3N2)CCC1.Cl. The highest BCUT2D eigenvalue weighted by Gasteiger charge is 2.40. The monoisotopic (exact) mass is 330 g/mol. The summed E-state index contributed by atoms with van der Waals surface area (Å²) in [6.07, 6.45) is 11.1. The predicted octanol–water partition coefficient (Wildman–Crippen LogP) is 2.65. The number of ether oxygens (including phenoxy) is 1. The molecule has 0 aromatic heterocycles. The maximum Gasteiger partial charge on any atom is 0.237 e. The molecule has 0 radical (unpaired) electrons. The molecule has 3 atom stereocenters. The minimum Gasteiger partial charge on any atom is -0.385 e. The number of hydrogen-bond acceptors (Lipinski definition) is 3. The smallest absolute Gasteiger partial charge is 0.237 e. The van der Waals surface area contributed by atoms with Gasteiger partial charge in [0.15, 0.2) is 0 Å². The van der Waals surface area contributed by atoms with Crippen LogP contribution in [0.3, 0.4) is 0 Å². The minimum atomic E-state index is 0. The minimum absolute atomic E-state index is 0. The molecule has 3 aliphatic rings. The van der Waals surface area contributed by atoms with Gasteiger partial charge in [-0.3, -0.25) is 4.79 Å². The molecule has 2 aliphatic carbocycles. The van der Waals surface area contributed by atoms with Crippen LogP contribution in [0.5, 0.6) is 0 Å². The first-order valence-corrected chi connectivity index (χ1v) is 8.75. The van der Waals surface area contributed by atoms with Crippen LogP contribution < -0.4 is 10.6 Å². The van der Waals surface area contributed by atoms with E-state index in [4.69, 9.17) is 4.74 Å². The summed E-state index contributed by atoms with van der Waals surface area (Å²) in [6, 6.07) is 0.651. The van der Waals surface area contributed by atoms with E-state index in [9.17, 15) is 4.79 Å². The Morgan fingerprint density at radius 3 is 2.68 bits per heavy atom. The number of rotatable bonds is 6. The molecule has 128 valence electrons. The summed E-state index contributed by atoms with van der Waals surface area (Å²) in [5, 5.41) is 6.80. The number of nitrogens with one attached hydrogen (secondary N) is 2. The normalized spacial score (nSPS) is 32.5. The fourth-order valence-electron chi connectivity index (χ4n) is 4.43. The average molecular weight is 331 g/mol. The number of amides is 1. The van der Waals surface area contributed by atoms with E-state index in [-0.39, 0.29) is 24.4 Å². The number of carbonyl (C=O) groups is 1. The van der Waals surface area contributed by atoms with Crippen molar-refractivity contribution in [2.75, 3.05) is 20.3 Å². The summed E-state index contributed by atoms with van der Waals surface area (Å²) in [5.74, 6) is 0.966. The third-order valence-corrected chi connectivity index (χ3v) is 6.07. The summed E-state index contributed by atoms with van der Waals surface area (Å²) in [7, 11) is 1.76. The van der Waals surface area contributed by atoms with Crippen LogP contribution in [0.1, 0.15) is 57.8 Å². The lowest BCUT2D eigenvalue weighted by Gasteiger charge is -2.42. The Morgan fingerprint density at radius 2 is 2.05 bits per heavy atom. The fourth-order valence-corrected chi connectivity index (χ4v) is 4.43. The molecule has 2 saturated carbocycles. The zero-order chi connectivity index (χ0) is 14.7. The molecule has 2 N–H and O–H groups in total. The lowest BCUT2D eigenvalue weighted by molar-refractivity contribution is -0.123. The van der Waals surface area contributed by atoms with Crippen molar-refractivity contribution in [1.29, 1.82) is 0 Å². The highest BCUT2D eigenvalue weighted by atomic mass is 35.5. The zero-order valence-corrected chi connectivity index (χ0v) is 14.6. The van der Waals surface area contributed by atoms with Crippen molar-refractivity contribution in [3.8, 4) is 0 Å². The molecule has 1 amide bonds. The Labute approximate surface area is 140 Å². The summed E-state index contributed by atoms with van der Waals surface area (Å²) >= 11 is 0. The van der Waals surface area contributed by atoms with Gasteiger partial charge in [-0.15, -0.1) is 12.4 Å². The molecule has 5 heteroatoms. The Hall–Kier alpha value is -0.320. The van der Waals surface area contributed by atoms with Gasteiger partial charge in [0.25, 0.3) is 0 Å². The first-order valence-electron chi connectivity index (χ1n) is 8.75. The van der Waals surface area contributed by atoms with E-state index < -0.39 is 0 Å². The first-order chi connectivity index (χ1) is 10.2. The van der Waals surface area contributed by atoms with E-state index in [1.54, 1.807) is 7.11 Å². The van der Waals surface area contributed by atoms with Gasteiger partial charge in [0, 0.05) is 26.3 Å². The van der Waals surface area contributed by atoms with Gasteiger partial charge in [-0.25, -0.2) is 0 Å². The molecule has 0 spiro atoms. The Morgan fingerprint density at radius 1 is 1.27 bits per heavy atom. The molecule has 1 aliphatic heterocycles. The number of hydrogen-bond donors (Lipinski definition) is 2. The van der Waals surface area contributed by atoms with E-state index in [0.717, 1.165) is 31.9 Å². The van der Waals surface area contributed by atoms with Crippen LogP contribution in [0, 0.1) is 11.3 Å². The molecule has 22 heavy (non-hydrogen) atoms. The Bertz CT molecular complexity index is 360. The van der Waals surface area contributed by atoms with Crippen molar-refractivity contribution in [2.45, 2.75) is 69.9 Å². The zero-order valence-electron chi connectivity index (χ0n) is 13.7. The van der Waals surface area contributed by atoms with Gasteiger partial charge in [-0.1, -0.05) is 19.3 Å². The maximum atomic E-state index is 12.4. The van der Waals surface area contributed by atoms with Crippen molar-refractivity contribution in [3.63, 3.8) is 0 Å². The van der Waals surface area contributed by atoms with Crippen LogP contribution in [-0.4, -0.2) is 38.3 Å². The van der Waals surface area contributed by atoms with Gasteiger partial charge in [-0.05, 0) is 49.9 Å². The van der Waals surface area contributed by atoms with E-state index >= 15 is 0 Å². The second kappa shape index (κ2) is 7.98. The Kier molecular flexibility index (Phi) is 6.54. The van der Waals surface area contributed by atoms with Crippen LogP contribution in [0.4, 0.5) is 0 Å². The molecule has 0 aromatic carbocycles. The number of halogens is 1. The average Bonchev–Trinajstić information content (AvgIpc) is 2.89. The van der Waals surface area contributed by atoms with Crippen molar-refractivity contribution in [1.82, 2.24) is 10.6 Å². The van der Waals surface area contributed by atoms with Crippen molar-refractivity contribution < 1.29 is 9.53 Å². The van der Waals surface area contributed by atoms with E-state index in [2.05, 4.69) is 10.6 Å². The highest BCUT2D eigenvalue weighted by molar-refractivity contribution is 5.85. The lowest BCUT2D eigenvalue weighted by Crippen LogP contribution is -2.48. The van der Waals surface area contributed by atoms with Crippen LogP contribution in [-0.2, 0) is 9.53 Å². The first kappa shape index (κ1) is 18.0. The standard InChI is InChI=1S/C17H30N2O2.ClH/c1-21-10-9-17(7-4-8-17)12-18-16(20)15-11-13-5-2-3-6-14(13)19-15;/h13-15,19H,2-12H2,1H3,(H,18,20);1H. The molecule has 3 rings (SSSR count). The largest absolute Gasteiger partial charge is 0.385 e. The molecule has 1 saturated heterocycles. The van der Waals surface area contributed by atoms with Crippen LogP contribution >= 0.6 is 12.4 Å². The van der Waals surface area contributed by atoms with Gasteiger partial charge in [-0.2, -0.15) is 0 Å². The molecular formula is C17H31ClN2O2. The van der Waals surface area contributed by atoms with E-state index in [0.29, 0.717) is 11.5 Å². The van der Waals surface area contributed by atoms with Gasteiger partial charge in [0.2, 0.25) is 5.91 Å². The third kappa shape index (κ3) is 3.95. The maximum absolute atomic E-state index is 12.4. The van der Waals surface area contributed by atoms with Crippen LogP contribution in [0.2, 0.25) is 0 Å². The molecule has 0 bridgehead atoms. The molecule has 3 fully saturated rings. The quantitative estimate of drug-likeness (QED) is 0.787. The van der Waals surface area contributed by atoms with Crippen molar-refractivity contribution in [3.05, 3.63) is 0 Å². The molecule has 3 unspecified atom stereocenters. The molecule has 1 heterocycles. The number of methoxy groups -OCH3 is 1. The second-order valence-electron chi connectivity index (χ2n) is 7.42. The van der Waals surface area contributed by atoms with Gasteiger partial charge >= 0.3 is 0 Å². The van der Waals surface area contributed by atoms with Crippen LogP contribution in [0.15, 0.2) is 0 Å².